The van der Waals surface area contributed by atoms with E-state index in [1.807, 2.05) is 18.2 Å². The molecule has 1 aliphatic rings. The highest BCUT2D eigenvalue weighted by atomic mass is 35.5. The molecular weight excluding hydrogens is 248 g/mol. The lowest BCUT2D eigenvalue weighted by molar-refractivity contribution is 0.315. The first-order valence-corrected chi connectivity index (χ1v) is 6.78. The topological polar surface area (TPSA) is 38.5 Å². The molecular formula is C14H21ClN2O. The average molecular weight is 269 g/mol. The van der Waals surface area contributed by atoms with Crippen LogP contribution in [0.4, 0.5) is 5.69 Å². The van der Waals surface area contributed by atoms with Crippen molar-refractivity contribution >= 4 is 17.3 Å². The van der Waals surface area contributed by atoms with E-state index >= 15 is 0 Å². The second kappa shape index (κ2) is 5.37. The van der Waals surface area contributed by atoms with Gasteiger partial charge in [-0.25, -0.2) is 0 Å². The molecule has 1 aliphatic heterocycles. The average Bonchev–Trinajstić information content (AvgIpc) is 2.37. The Morgan fingerprint density at radius 2 is 2.11 bits per heavy atom. The van der Waals surface area contributed by atoms with Gasteiger partial charge in [-0.2, -0.15) is 0 Å². The molecule has 0 saturated carbocycles. The highest BCUT2D eigenvalue weighted by Crippen LogP contribution is 2.35. The summed E-state index contributed by atoms with van der Waals surface area (Å²) in [6.07, 6.45) is 0.999. The van der Waals surface area contributed by atoms with Crippen molar-refractivity contribution in [3.63, 3.8) is 0 Å². The number of rotatable bonds is 2. The number of ether oxygens (including phenoxy) is 1. The van der Waals surface area contributed by atoms with E-state index in [9.17, 15) is 0 Å². The van der Waals surface area contributed by atoms with Crippen molar-refractivity contribution in [2.45, 2.75) is 32.4 Å². The molecule has 4 heteroatoms. The predicted molar refractivity (Wildman–Crippen MR) is 76.6 cm³/mol. The lowest BCUT2D eigenvalue weighted by Crippen LogP contribution is -2.52. The van der Waals surface area contributed by atoms with Crippen LogP contribution in [0.5, 0.6) is 5.75 Å². The molecule has 0 aromatic heterocycles. The fourth-order valence-electron chi connectivity index (χ4n) is 2.58. The molecule has 0 radical (unpaired) electrons. The zero-order valence-corrected chi connectivity index (χ0v) is 11.9. The maximum Gasteiger partial charge on any atom is 0.121 e. The van der Waals surface area contributed by atoms with Gasteiger partial charge in [0.2, 0.25) is 0 Å². The summed E-state index contributed by atoms with van der Waals surface area (Å²) in [7, 11) is 1.67. The lowest BCUT2D eigenvalue weighted by atomic mass is 9.87. The van der Waals surface area contributed by atoms with Crippen molar-refractivity contribution < 1.29 is 4.74 Å². The van der Waals surface area contributed by atoms with Gasteiger partial charge in [0.15, 0.2) is 0 Å². The Morgan fingerprint density at radius 1 is 1.39 bits per heavy atom. The van der Waals surface area contributed by atoms with Gasteiger partial charge in [0.05, 0.1) is 17.8 Å². The van der Waals surface area contributed by atoms with Crippen LogP contribution in [0.1, 0.15) is 20.3 Å². The Hall–Kier alpha value is -0.930. The Labute approximate surface area is 114 Å². The molecule has 2 N–H and O–H groups in total. The van der Waals surface area contributed by atoms with Crippen LogP contribution in [-0.2, 0) is 0 Å². The highest BCUT2D eigenvalue weighted by Gasteiger charge is 2.31. The maximum atomic E-state index is 6.31. The van der Waals surface area contributed by atoms with Crippen molar-refractivity contribution in [2.75, 3.05) is 18.6 Å². The van der Waals surface area contributed by atoms with Gasteiger partial charge in [-0.1, -0.05) is 18.5 Å². The zero-order valence-electron chi connectivity index (χ0n) is 11.2. The quantitative estimate of drug-likeness (QED) is 0.896. The fourth-order valence-corrected chi connectivity index (χ4v) is 2.80. The summed E-state index contributed by atoms with van der Waals surface area (Å²) < 4.78 is 5.27. The fraction of sp³-hybridized carbons (Fsp3) is 0.571. The van der Waals surface area contributed by atoms with Gasteiger partial charge in [0, 0.05) is 24.7 Å². The van der Waals surface area contributed by atoms with Crippen LogP contribution >= 0.6 is 11.6 Å². The largest absolute Gasteiger partial charge is 0.497 e. The molecule has 1 aromatic carbocycles. The SMILES string of the molecule is COc1ccc(Cl)c(N2CCC(N)C(C)C2C)c1. The van der Waals surface area contributed by atoms with Crippen LogP contribution in [0, 0.1) is 5.92 Å². The Morgan fingerprint density at radius 3 is 2.78 bits per heavy atom. The van der Waals surface area contributed by atoms with Crippen LogP contribution in [0.25, 0.3) is 0 Å². The number of piperidine rings is 1. The van der Waals surface area contributed by atoms with Gasteiger partial charge in [-0.15, -0.1) is 0 Å². The molecule has 3 unspecified atom stereocenters. The maximum absolute atomic E-state index is 6.31. The summed E-state index contributed by atoms with van der Waals surface area (Å²) in [5.41, 5.74) is 7.16. The van der Waals surface area contributed by atoms with Crippen LogP contribution in [0.15, 0.2) is 18.2 Å². The highest BCUT2D eigenvalue weighted by molar-refractivity contribution is 6.33. The summed E-state index contributed by atoms with van der Waals surface area (Å²) >= 11 is 6.31. The van der Waals surface area contributed by atoms with Crippen LogP contribution < -0.4 is 15.4 Å². The Bertz CT molecular complexity index is 424. The number of nitrogens with two attached hydrogens (primary N) is 1. The number of anilines is 1. The third-order valence-corrected chi connectivity index (χ3v) is 4.41. The first-order chi connectivity index (χ1) is 8.54. The summed E-state index contributed by atoms with van der Waals surface area (Å²) in [4.78, 5) is 2.33. The first-order valence-electron chi connectivity index (χ1n) is 6.40. The molecule has 3 nitrogen and oxygen atoms in total. The minimum atomic E-state index is 0.278. The number of nitrogens with zero attached hydrogens (tertiary/aromatic N) is 1. The van der Waals surface area contributed by atoms with Gasteiger partial charge in [0.25, 0.3) is 0 Å². The number of benzene rings is 1. The van der Waals surface area contributed by atoms with Crippen LogP contribution in [-0.4, -0.2) is 25.7 Å². The summed E-state index contributed by atoms with van der Waals surface area (Å²) in [5, 5.41) is 0.769. The van der Waals surface area contributed by atoms with E-state index in [2.05, 4.69) is 18.7 Å². The van der Waals surface area contributed by atoms with Crippen molar-refractivity contribution in [2.24, 2.45) is 11.7 Å². The predicted octanol–water partition coefficient (Wildman–Crippen LogP) is 2.91. The van der Waals surface area contributed by atoms with Crippen molar-refractivity contribution in [3.8, 4) is 5.75 Å². The van der Waals surface area contributed by atoms with E-state index in [0.717, 1.165) is 29.4 Å². The number of methoxy groups -OCH3 is 1. The monoisotopic (exact) mass is 268 g/mol. The molecule has 0 bridgehead atoms. The standard InChI is InChI=1S/C14H21ClN2O/c1-9-10(2)17(7-6-13(9)16)14-8-11(18-3)4-5-12(14)15/h4-5,8-10,13H,6-7,16H2,1-3H3. The molecule has 1 fully saturated rings. The molecule has 100 valence electrons. The van der Waals surface area contributed by atoms with E-state index in [1.54, 1.807) is 7.11 Å². The number of hydrogen-bond donors (Lipinski definition) is 1. The second-order valence-electron chi connectivity index (χ2n) is 5.06. The normalized spacial score (nSPS) is 28.3. The van der Waals surface area contributed by atoms with Crippen molar-refractivity contribution in [1.82, 2.24) is 0 Å². The molecule has 0 aliphatic carbocycles. The van der Waals surface area contributed by atoms with Crippen molar-refractivity contribution in [3.05, 3.63) is 23.2 Å². The number of halogens is 1. The van der Waals surface area contributed by atoms with E-state index in [-0.39, 0.29) is 6.04 Å². The van der Waals surface area contributed by atoms with Crippen LogP contribution in [0.2, 0.25) is 5.02 Å². The van der Waals surface area contributed by atoms with E-state index in [0.29, 0.717) is 12.0 Å². The molecule has 1 saturated heterocycles. The van der Waals surface area contributed by atoms with Crippen LogP contribution in [0.3, 0.4) is 0 Å². The van der Waals surface area contributed by atoms with Gasteiger partial charge in [-0.3, -0.25) is 0 Å². The summed E-state index contributed by atoms with van der Waals surface area (Å²) in [5.74, 6) is 1.30. The van der Waals surface area contributed by atoms with E-state index in [4.69, 9.17) is 22.1 Å². The Balaban J connectivity index is 2.30. The molecule has 18 heavy (non-hydrogen) atoms. The minimum absolute atomic E-state index is 0.278. The van der Waals surface area contributed by atoms with Gasteiger partial charge >= 0.3 is 0 Å². The van der Waals surface area contributed by atoms with Gasteiger partial charge in [0.1, 0.15) is 5.75 Å². The third kappa shape index (κ3) is 2.43. The summed E-state index contributed by atoms with van der Waals surface area (Å²) in [6.45, 7) is 5.36. The molecule has 0 amide bonds. The minimum Gasteiger partial charge on any atom is -0.497 e. The van der Waals surface area contributed by atoms with Crippen molar-refractivity contribution in [1.29, 1.82) is 0 Å². The number of hydrogen-bond acceptors (Lipinski definition) is 3. The molecule has 0 spiro atoms. The van der Waals surface area contributed by atoms with Gasteiger partial charge in [-0.05, 0) is 31.4 Å². The van der Waals surface area contributed by atoms with Gasteiger partial charge < -0.3 is 15.4 Å². The Kier molecular flexibility index (Phi) is 4.03. The first kappa shape index (κ1) is 13.5. The van der Waals surface area contributed by atoms with E-state index in [1.165, 1.54) is 0 Å². The zero-order chi connectivity index (χ0) is 13.3. The molecule has 2 rings (SSSR count). The molecule has 1 aromatic rings. The third-order valence-electron chi connectivity index (χ3n) is 4.09. The molecule has 1 heterocycles. The lowest BCUT2D eigenvalue weighted by Gasteiger charge is -2.43. The van der Waals surface area contributed by atoms with E-state index < -0.39 is 0 Å². The summed E-state index contributed by atoms with van der Waals surface area (Å²) in [6, 6.07) is 6.44. The second-order valence-corrected chi connectivity index (χ2v) is 5.47. The molecule has 3 atom stereocenters. The smallest absolute Gasteiger partial charge is 0.121 e.